The van der Waals surface area contributed by atoms with Crippen LogP contribution >= 0.6 is 31.9 Å². The summed E-state index contributed by atoms with van der Waals surface area (Å²) < 4.78 is 3.52. The molecule has 0 saturated carbocycles. The van der Waals surface area contributed by atoms with Gasteiger partial charge in [0.05, 0.1) is 6.10 Å². The van der Waals surface area contributed by atoms with E-state index in [1.165, 1.54) is 6.33 Å². The second-order valence-corrected chi connectivity index (χ2v) is 5.55. The molecule has 1 heterocycles. The van der Waals surface area contributed by atoms with Gasteiger partial charge in [0.1, 0.15) is 12.2 Å². The molecule has 0 aliphatic carbocycles. The summed E-state index contributed by atoms with van der Waals surface area (Å²) in [7, 11) is 1.81. The molecule has 0 aliphatic heterocycles. The lowest BCUT2D eigenvalue weighted by Gasteiger charge is -2.11. The van der Waals surface area contributed by atoms with Crippen molar-refractivity contribution in [2.75, 3.05) is 0 Å². The fourth-order valence-electron chi connectivity index (χ4n) is 1.56. The van der Waals surface area contributed by atoms with Crippen LogP contribution in [-0.2, 0) is 13.5 Å². The van der Waals surface area contributed by atoms with Gasteiger partial charge in [0.2, 0.25) is 0 Å². The number of hydrogen-bond acceptors (Lipinski definition) is 3. The maximum Gasteiger partial charge on any atom is 0.138 e. The minimum absolute atomic E-state index is 0.444. The first-order chi connectivity index (χ1) is 8.06. The van der Waals surface area contributed by atoms with Crippen LogP contribution in [0.1, 0.15) is 17.5 Å². The van der Waals surface area contributed by atoms with Gasteiger partial charge in [-0.25, -0.2) is 4.98 Å². The molecule has 0 saturated heterocycles. The van der Waals surface area contributed by atoms with Crippen molar-refractivity contribution in [1.29, 1.82) is 0 Å². The van der Waals surface area contributed by atoms with E-state index in [1.807, 2.05) is 25.2 Å². The molecule has 6 heteroatoms. The molecule has 0 amide bonds. The monoisotopic (exact) mass is 359 g/mol. The van der Waals surface area contributed by atoms with Gasteiger partial charge in [-0.2, -0.15) is 5.10 Å². The molecule has 1 aromatic heterocycles. The molecule has 0 aliphatic rings. The normalized spacial score (nSPS) is 12.7. The number of benzene rings is 1. The zero-order chi connectivity index (χ0) is 12.4. The fourth-order valence-corrected chi connectivity index (χ4v) is 2.89. The number of nitrogens with zero attached hydrogens (tertiary/aromatic N) is 3. The zero-order valence-electron chi connectivity index (χ0n) is 9.14. The molecule has 1 N–H and O–H groups in total. The molecule has 1 atom stereocenters. The molecule has 0 bridgehead atoms. The molecule has 4 nitrogen and oxygen atoms in total. The van der Waals surface area contributed by atoms with Gasteiger partial charge in [-0.15, -0.1) is 0 Å². The van der Waals surface area contributed by atoms with E-state index in [1.54, 1.807) is 4.68 Å². The van der Waals surface area contributed by atoms with E-state index in [2.05, 4.69) is 41.9 Å². The second-order valence-electron chi connectivity index (χ2n) is 3.72. The third kappa shape index (κ3) is 3.14. The number of aryl methyl sites for hydroxylation is 1. The van der Waals surface area contributed by atoms with Crippen molar-refractivity contribution in [2.24, 2.45) is 7.05 Å². The van der Waals surface area contributed by atoms with Crippen molar-refractivity contribution in [3.63, 3.8) is 0 Å². The Balaban J connectivity index is 2.20. The molecule has 90 valence electrons. The van der Waals surface area contributed by atoms with Crippen LogP contribution in [0, 0.1) is 0 Å². The first kappa shape index (κ1) is 12.7. The summed E-state index contributed by atoms with van der Waals surface area (Å²) in [5.41, 5.74) is 0.842. The summed E-state index contributed by atoms with van der Waals surface area (Å²) in [4.78, 5) is 4.09. The van der Waals surface area contributed by atoms with Gasteiger partial charge < -0.3 is 5.11 Å². The highest BCUT2D eigenvalue weighted by Crippen LogP contribution is 2.25. The van der Waals surface area contributed by atoms with E-state index < -0.39 is 6.10 Å². The average molecular weight is 361 g/mol. The predicted octanol–water partition coefficient (Wildman–Crippen LogP) is 2.62. The molecule has 2 rings (SSSR count). The Labute approximate surface area is 116 Å². The quantitative estimate of drug-likeness (QED) is 0.915. The van der Waals surface area contributed by atoms with Gasteiger partial charge in [0.15, 0.2) is 0 Å². The van der Waals surface area contributed by atoms with Crippen LogP contribution in [0.25, 0.3) is 0 Å². The molecular weight excluding hydrogens is 350 g/mol. The van der Waals surface area contributed by atoms with Gasteiger partial charge >= 0.3 is 0 Å². The Kier molecular flexibility index (Phi) is 3.96. The average Bonchev–Trinajstić information content (AvgIpc) is 2.63. The molecule has 17 heavy (non-hydrogen) atoms. The third-order valence-electron chi connectivity index (χ3n) is 2.45. The minimum atomic E-state index is -0.591. The topological polar surface area (TPSA) is 50.9 Å². The van der Waals surface area contributed by atoms with Crippen molar-refractivity contribution >= 4 is 31.9 Å². The van der Waals surface area contributed by atoms with Gasteiger partial charge in [0, 0.05) is 22.4 Å². The lowest BCUT2D eigenvalue weighted by molar-refractivity contribution is 0.174. The van der Waals surface area contributed by atoms with Crippen molar-refractivity contribution in [2.45, 2.75) is 12.5 Å². The minimum Gasteiger partial charge on any atom is -0.388 e. The third-order valence-corrected chi connectivity index (χ3v) is 3.37. The molecule has 1 aromatic carbocycles. The number of hydrogen-bond donors (Lipinski definition) is 1. The van der Waals surface area contributed by atoms with E-state index >= 15 is 0 Å². The summed E-state index contributed by atoms with van der Waals surface area (Å²) in [5.74, 6) is 0.758. The summed E-state index contributed by atoms with van der Waals surface area (Å²) in [6.45, 7) is 0. The second kappa shape index (κ2) is 5.29. The Hall–Kier alpha value is -0.720. The lowest BCUT2D eigenvalue weighted by Crippen LogP contribution is -2.07. The number of rotatable bonds is 3. The van der Waals surface area contributed by atoms with Gasteiger partial charge in [-0.3, -0.25) is 4.68 Å². The molecule has 0 radical (unpaired) electrons. The summed E-state index contributed by atoms with van der Waals surface area (Å²) in [5, 5.41) is 14.1. The van der Waals surface area contributed by atoms with Gasteiger partial charge in [-0.1, -0.05) is 31.9 Å². The maximum absolute atomic E-state index is 10.1. The Morgan fingerprint density at radius 2 is 1.94 bits per heavy atom. The van der Waals surface area contributed by atoms with Crippen molar-refractivity contribution in [3.8, 4) is 0 Å². The summed E-state index contributed by atoms with van der Waals surface area (Å²) in [6.07, 6.45) is 1.34. The number of aliphatic hydroxyl groups is 1. The van der Waals surface area contributed by atoms with Crippen LogP contribution in [0.5, 0.6) is 0 Å². The van der Waals surface area contributed by atoms with Crippen LogP contribution in [-0.4, -0.2) is 19.9 Å². The standard InChI is InChI=1S/C11H11Br2N3O/c1-16-11(14-6-15-16)5-10(17)7-2-8(12)4-9(13)3-7/h2-4,6,10,17H,5H2,1H3. The number of aliphatic hydroxyl groups excluding tert-OH is 1. The van der Waals surface area contributed by atoms with Crippen molar-refractivity contribution in [1.82, 2.24) is 14.8 Å². The maximum atomic E-state index is 10.1. The van der Waals surface area contributed by atoms with E-state index in [4.69, 9.17) is 0 Å². The molecular formula is C11H11Br2N3O. The SMILES string of the molecule is Cn1ncnc1CC(O)c1cc(Br)cc(Br)c1. The van der Waals surface area contributed by atoms with Crippen LogP contribution < -0.4 is 0 Å². The van der Waals surface area contributed by atoms with E-state index in [0.29, 0.717) is 6.42 Å². The van der Waals surface area contributed by atoms with Crippen LogP contribution in [0.2, 0.25) is 0 Å². The molecule has 0 fully saturated rings. The molecule has 1 unspecified atom stereocenters. The highest BCUT2D eigenvalue weighted by atomic mass is 79.9. The van der Waals surface area contributed by atoms with Crippen molar-refractivity contribution < 1.29 is 5.11 Å². The van der Waals surface area contributed by atoms with Crippen molar-refractivity contribution in [3.05, 3.63) is 44.9 Å². The fraction of sp³-hybridized carbons (Fsp3) is 0.273. The predicted molar refractivity (Wildman–Crippen MR) is 71.5 cm³/mol. The Morgan fingerprint density at radius 1 is 1.29 bits per heavy atom. The lowest BCUT2D eigenvalue weighted by atomic mass is 10.1. The first-order valence-corrected chi connectivity index (χ1v) is 6.62. The van der Waals surface area contributed by atoms with E-state index in [-0.39, 0.29) is 0 Å². The van der Waals surface area contributed by atoms with Gasteiger partial charge in [0.25, 0.3) is 0 Å². The van der Waals surface area contributed by atoms with Crippen LogP contribution in [0.15, 0.2) is 33.5 Å². The summed E-state index contributed by atoms with van der Waals surface area (Å²) in [6, 6.07) is 5.72. The van der Waals surface area contributed by atoms with Crippen LogP contribution in [0.4, 0.5) is 0 Å². The first-order valence-electron chi connectivity index (χ1n) is 5.03. The Bertz CT molecular complexity index is 507. The van der Waals surface area contributed by atoms with E-state index in [9.17, 15) is 5.11 Å². The smallest absolute Gasteiger partial charge is 0.138 e. The van der Waals surface area contributed by atoms with Gasteiger partial charge in [-0.05, 0) is 23.8 Å². The molecule has 2 aromatic rings. The number of halogens is 2. The van der Waals surface area contributed by atoms with Crippen LogP contribution in [0.3, 0.4) is 0 Å². The Morgan fingerprint density at radius 3 is 2.47 bits per heavy atom. The highest BCUT2D eigenvalue weighted by molar-refractivity contribution is 9.11. The summed E-state index contributed by atoms with van der Waals surface area (Å²) >= 11 is 6.80. The number of aromatic nitrogens is 3. The van der Waals surface area contributed by atoms with E-state index in [0.717, 1.165) is 20.3 Å². The zero-order valence-corrected chi connectivity index (χ0v) is 12.3. The molecule has 0 spiro atoms. The largest absolute Gasteiger partial charge is 0.388 e. The highest BCUT2D eigenvalue weighted by Gasteiger charge is 2.13.